The largest absolute Gasteiger partial charge is 0.507 e. The second kappa shape index (κ2) is 7.54. The van der Waals surface area contributed by atoms with E-state index in [1.54, 1.807) is 24.3 Å². The van der Waals surface area contributed by atoms with Crippen LogP contribution in [-0.4, -0.2) is 34.8 Å². The van der Waals surface area contributed by atoms with Crippen LogP contribution >= 0.6 is 0 Å². The topological polar surface area (TPSA) is 80.0 Å². The van der Waals surface area contributed by atoms with Crippen molar-refractivity contribution in [3.63, 3.8) is 0 Å². The third-order valence-electron chi connectivity index (χ3n) is 5.32. The van der Waals surface area contributed by atoms with Crippen LogP contribution in [0.5, 0.6) is 5.75 Å². The third kappa shape index (κ3) is 3.09. The number of furan rings is 1. The van der Waals surface area contributed by atoms with Gasteiger partial charge in [0.05, 0.1) is 18.4 Å². The minimum atomic E-state index is -0.712. The SMILES string of the molecule is CCCCCN1C(=O)C(=O)/C(=C(\O)c2ccc3c(c2)CCO3)C1c1ccco1. The zero-order valence-corrected chi connectivity index (χ0v) is 15.8. The summed E-state index contributed by atoms with van der Waals surface area (Å²) in [5.41, 5.74) is 1.57. The Morgan fingerprint density at radius 3 is 2.86 bits per heavy atom. The Balaban J connectivity index is 1.77. The first-order chi connectivity index (χ1) is 13.6. The second-order valence-corrected chi connectivity index (χ2v) is 7.14. The summed E-state index contributed by atoms with van der Waals surface area (Å²) in [5.74, 6) is -0.177. The molecular formula is C22H23NO5. The van der Waals surface area contributed by atoms with E-state index in [1.165, 1.54) is 11.2 Å². The number of aliphatic hydroxyl groups excluding tert-OH is 1. The molecule has 2 aliphatic rings. The average Bonchev–Trinajstić information content (AvgIpc) is 3.43. The highest BCUT2D eigenvalue weighted by Gasteiger charge is 2.47. The number of amides is 1. The molecule has 1 fully saturated rings. The van der Waals surface area contributed by atoms with Gasteiger partial charge in [0.1, 0.15) is 23.3 Å². The highest BCUT2D eigenvalue weighted by Crippen LogP contribution is 2.40. The molecule has 1 unspecified atom stereocenters. The van der Waals surface area contributed by atoms with Gasteiger partial charge in [-0.25, -0.2) is 0 Å². The molecule has 1 aromatic heterocycles. The molecule has 0 radical (unpaired) electrons. The normalized spacial score (nSPS) is 20.5. The summed E-state index contributed by atoms with van der Waals surface area (Å²) < 4.78 is 11.0. The molecule has 1 N–H and O–H groups in total. The van der Waals surface area contributed by atoms with Gasteiger partial charge in [-0.15, -0.1) is 0 Å². The first-order valence-electron chi connectivity index (χ1n) is 9.69. The minimum absolute atomic E-state index is 0.0790. The number of aliphatic hydroxyl groups is 1. The van der Waals surface area contributed by atoms with Gasteiger partial charge in [-0.1, -0.05) is 19.8 Å². The molecule has 1 saturated heterocycles. The van der Waals surface area contributed by atoms with Crippen LogP contribution in [0.1, 0.15) is 49.1 Å². The van der Waals surface area contributed by atoms with Crippen molar-refractivity contribution in [2.24, 2.45) is 0 Å². The number of unbranched alkanes of at least 4 members (excludes halogenated alkanes) is 2. The summed E-state index contributed by atoms with van der Waals surface area (Å²) in [4.78, 5) is 27.0. The fraction of sp³-hybridized carbons (Fsp3) is 0.364. The maximum atomic E-state index is 12.8. The number of rotatable bonds is 6. The molecule has 2 aliphatic heterocycles. The summed E-state index contributed by atoms with van der Waals surface area (Å²) >= 11 is 0. The lowest BCUT2D eigenvalue weighted by molar-refractivity contribution is -0.140. The number of nitrogens with zero attached hydrogens (tertiary/aromatic N) is 1. The first-order valence-corrected chi connectivity index (χ1v) is 9.69. The van der Waals surface area contributed by atoms with Crippen molar-refractivity contribution in [2.75, 3.05) is 13.2 Å². The van der Waals surface area contributed by atoms with E-state index >= 15 is 0 Å². The van der Waals surface area contributed by atoms with E-state index in [9.17, 15) is 14.7 Å². The number of hydrogen-bond donors (Lipinski definition) is 1. The number of likely N-dealkylation sites (tertiary alicyclic amines) is 1. The Kier molecular flexibility index (Phi) is 4.94. The van der Waals surface area contributed by atoms with Crippen molar-refractivity contribution in [1.29, 1.82) is 0 Å². The number of fused-ring (bicyclic) bond motifs is 1. The quantitative estimate of drug-likeness (QED) is 0.356. The van der Waals surface area contributed by atoms with Gasteiger partial charge < -0.3 is 19.2 Å². The summed E-state index contributed by atoms with van der Waals surface area (Å²) in [5, 5.41) is 11.0. The lowest BCUT2D eigenvalue weighted by atomic mass is 9.98. The van der Waals surface area contributed by atoms with Crippen LogP contribution in [0.3, 0.4) is 0 Å². The van der Waals surface area contributed by atoms with E-state index < -0.39 is 17.7 Å². The summed E-state index contributed by atoms with van der Waals surface area (Å²) in [6.07, 6.45) is 5.01. The molecule has 3 heterocycles. The summed E-state index contributed by atoms with van der Waals surface area (Å²) in [7, 11) is 0. The molecule has 0 aliphatic carbocycles. The van der Waals surface area contributed by atoms with Gasteiger partial charge >= 0.3 is 0 Å². The van der Waals surface area contributed by atoms with E-state index in [0.29, 0.717) is 24.5 Å². The maximum absolute atomic E-state index is 12.8. The Morgan fingerprint density at radius 2 is 2.11 bits per heavy atom. The molecule has 1 atom stereocenters. The summed E-state index contributed by atoms with van der Waals surface area (Å²) in [6.45, 7) is 3.13. The van der Waals surface area contributed by atoms with Crippen LogP contribution in [0.25, 0.3) is 5.76 Å². The molecule has 6 nitrogen and oxygen atoms in total. The van der Waals surface area contributed by atoms with E-state index in [2.05, 4.69) is 6.92 Å². The van der Waals surface area contributed by atoms with Gasteiger partial charge in [-0.2, -0.15) is 0 Å². The first kappa shape index (κ1) is 18.3. The van der Waals surface area contributed by atoms with Gasteiger partial charge in [0, 0.05) is 18.5 Å². The van der Waals surface area contributed by atoms with Gasteiger partial charge in [-0.05, 0) is 42.3 Å². The zero-order valence-electron chi connectivity index (χ0n) is 15.8. The van der Waals surface area contributed by atoms with Crippen LogP contribution in [0.2, 0.25) is 0 Å². The molecule has 146 valence electrons. The minimum Gasteiger partial charge on any atom is -0.507 e. The maximum Gasteiger partial charge on any atom is 0.295 e. The number of carbonyl (C=O) groups is 2. The van der Waals surface area contributed by atoms with Crippen molar-refractivity contribution in [3.05, 3.63) is 59.1 Å². The Morgan fingerprint density at radius 1 is 1.25 bits per heavy atom. The third-order valence-corrected chi connectivity index (χ3v) is 5.32. The van der Waals surface area contributed by atoms with E-state index in [4.69, 9.17) is 9.15 Å². The fourth-order valence-corrected chi connectivity index (χ4v) is 3.87. The van der Waals surface area contributed by atoms with E-state index in [-0.39, 0.29) is 11.3 Å². The predicted octanol–water partition coefficient (Wildman–Crippen LogP) is 3.83. The second-order valence-electron chi connectivity index (χ2n) is 7.14. The highest BCUT2D eigenvalue weighted by molar-refractivity contribution is 6.46. The van der Waals surface area contributed by atoms with Crippen molar-refractivity contribution < 1.29 is 23.8 Å². The predicted molar refractivity (Wildman–Crippen MR) is 103 cm³/mol. The van der Waals surface area contributed by atoms with Crippen molar-refractivity contribution in [2.45, 2.75) is 38.6 Å². The molecule has 0 saturated carbocycles. The average molecular weight is 381 g/mol. The Bertz CT molecular complexity index is 928. The van der Waals surface area contributed by atoms with Gasteiger partial charge in [0.25, 0.3) is 11.7 Å². The fourth-order valence-electron chi connectivity index (χ4n) is 3.87. The molecule has 4 rings (SSSR count). The lowest BCUT2D eigenvalue weighted by Gasteiger charge is -2.23. The number of Topliss-reactive ketones (excluding diaryl/α,β-unsaturated/α-hetero) is 1. The molecular weight excluding hydrogens is 358 g/mol. The number of carbonyl (C=O) groups excluding carboxylic acids is 2. The van der Waals surface area contributed by atoms with Crippen LogP contribution in [0, 0.1) is 0 Å². The molecule has 2 aromatic rings. The van der Waals surface area contributed by atoms with Gasteiger partial charge in [0.15, 0.2) is 0 Å². The van der Waals surface area contributed by atoms with Crippen LogP contribution in [0.15, 0.2) is 46.6 Å². The number of hydrogen-bond acceptors (Lipinski definition) is 5. The smallest absolute Gasteiger partial charge is 0.295 e. The molecule has 6 heteroatoms. The summed E-state index contributed by atoms with van der Waals surface area (Å²) in [6, 6.07) is 8.05. The van der Waals surface area contributed by atoms with Crippen LogP contribution in [0.4, 0.5) is 0 Å². The van der Waals surface area contributed by atoms with E-state index in [1.807, 2.05) is 6.07 Å². The molecule has 28 heavy (non-hydrogen) atoms. The van der Waals surface area contributed by atoms with Crippen molar-refractivity contribution in [3.8, 4) is 5.75 Å². The highest BCUT2D eigenvalue weighted by atomic mass is 16.5. The Labute approximate surface area is 163 Å². The van der Waals surface area contributed by atoms with Crippen molar-refractivity contribution in [1.82, 2.24) is 4.90 Å². The zero-order chi connectivity index (χ0) is 19.7. The van der Waals surface area contributed by atoms with Gasteiger partial charge in [-0.3, -0.25) is 9.59 Å². The molecule has 0 bridgehead atoms. The van der Waals surface area contributed by atoms with Crippen molar-refractivity contribution >= 4 is 17.4 Å². The molecule has 1 aromatic carbocycles. The standard InChI is InChI=1S/C22H23NO5/c1-2-3-4-10-23-19(17-6-5-11-27-17)18(21(25)22(23)26)20(24)15-7-8-16-14(13-15)9-12-28-16/h5-8,11,13,19,24H,2-4,9-10,12H2,1H3/b20-18-. The monoisotopic (exact) mass is 381 g/mol. The lowest BCUT2D eigenvalue weighted by Crippen LogP contribution is -2.30. The Hall–Kier alpha value is -3.02. The number of ketones is 1. The van der Waals surface area contributed by atoms with Crippen LogP contribution < -0.4 is 4.74 Å². The van der Waals surface area contributed by atoms with Crippen LogP contribution in [-0.2, 0) is 16.0 Å². The molecule has 1 amide bonds. The van der Waals surface area contributed by atoms with E-state index in [0.717, 1.165) is 37.0 Å². The number of benzene rings is 1. The van der Waals surface area contributed by atoms with Gasteiger partial charge in [0.2, 0.25) is 0 Å². The molecule has 0 spiro atoms. The number of ether oxygens (including phenoxy) is 1.